The lowest BCUT2D eigenvalue weighted by atomic mass is 10.2. The van der Waals surface area contributed by atoms with E-state index in [1.165, 1.54) is 6.21 Å². The van der Waals surface area contributed by atoms with Crippen molar-refractivity contribution in [1.29, 1.82) is 5.26 Å². The third-order valence-electron chi connectivity index (χ3n) is 3.00. The Labute approximate surface area is 149 Å². The molecule has 0 saturated heterocycles. The molecule has 0 unspecified atom stereocenters. The molecule has 1 amide bonds. The number of nitrogens with zero attached hydrogens (tertiary/aromatic N) is 2. The van der Waals surface area contributed by atoms with Gasteiger partial charge in [-0.3, -0.25) is 4.79 Å². The summed E-state index contributed by atoms with van der Waals surface area (Å²) >= 11 is 0. The summed E-state index contributed by atoms with van der Waals surface area (Å²) in [4.78, 5) is 22.1. The van der Waals surface area contributed by atoms with Crippen LogP contribution in [0.5, 0.6) is 11.5 Å². The van der Waals surface area contributed by atoms with Gasteiger partial charge < -0.3 is 14.6 Å². The summed E-state index contributed by atoms with van der Waals surface area (Å²) in [6.45, 7) is -0.631. The van der Waals surface area contributed by atoms with Gasteiger partial charge in [-0.15, -0.1) is 0 Å². The van der Waals surface area contributed by atoms with Crippen LogP contribution in [0.2, 0.25) is 0 Å². The monoisotopic (exact) mass is 353 g/mol. The Balaban J connectivity index is 1.75. The van der Waals surface area contributed by atoms with Crippen LogP contribution >= 0.6 is 0 Å². The van der Waals surface area contributed by atoms with Gasteiger partial charge in [-0.2, -0.15) is 10.4 Å². The average molecular weight is 353 g/mol. The van der Waals surface area contributed by atoms with E-state index in [1.54, 1.807) is 48.5 Å². The van der Waals surface area contributed by atoms with Crippen LogP contribution in [0.15, 0.2) is 53.6 Å². The van der Waals surface area contributed by atoms with E-state index in [0.29, 0.717) is 22.6 Å². The molecule has 0 heterocycles. The first kappa shape index (κ1) is 18.5. The minimum absolute atomic E-state index is 0.217. The Kier molecular flexibility index (Phi) is 6.71. The fraction of sp³-hybridized carbons (Fsp3) is 0.111. The molecular formula is C18H15N3O5. The zero-order chi connectivity index (χ0) is 18.8. The number of amides is 1. The SMILES string of the molecule is N#Cc1ccc(OCC(=O)N/N=C\c2ccc(OCC(=O)O)cc2)cc1. The topological polar surface area (TPSA) is 121 Å². The van der Waals surface area contributed by atoms with Gasteiger partial charge >= 0.3 is 5.97 Å². The summed E-state index contributed by atoms with van der Waals surface area (Å²) in [6, 6.07) is 14.9. The molecule has 2 aromatic carbocycles. The lowest BCUT2D eigenvalue weighted by Crippen LogP contribution is -2.24. The van der Waals surface area contributed by atoms with E-state index in [0.717, 1.165) is 0 Å². The van der Waals surface area contributed by atoms with Gasteiger partial charge in [0.15, 0.2) is 13.2 Å². The largest absolute Gasteiger partial charge is 0.484 e. The van der Waals surface area contributed by atoms with E-state index in [2.05, 4.69) is 10.5 Å². The van der Waals surface area contributed by atoms with Crippen molar-refractivity contribution < 1.29 is 24.2 Å². The summed E-state index contributed by atoms with van der Waals surface area (Å²) < 4.78 is 10.3. The molecule has 0 spiro atoms. The first-order valence-corrected chi connectivity index (χ1v) is 7.46. The van der Waals surface area contributed by atoms with Gasteiger partial charge in [0, 0.05) is 0 Å². The minimum Gasteiger partial charge on any atom is -0.484 e. The van der Waals surface area contributed by atoms with Crippen LogP contribution in [-0.4, -0.2) is 36.4 Å². The molecular weight excluding hydrogens is 338 g/mol. The highest BCUT2D eigenvalue weighted by atomic mass is 16.5. The zero-order valence-electron chi connectivity index (χ0n) is 13.6. The number of carbonyl (C=O) groups is 2. The van der Waals surface area contributed by atoms with Gasteiger partial charge in [-0.1, -0.05) is 0 Å². The molecule has 0 aliphatic carbocycles. The minimum atomic E-state index is -1.05. The number of hydrogen-bond donors (Lipinski definition) is 2. The van der Waals surface area contributed by atoms with Crippen molar-refractivity contribution in [2.75, 3.05) is 13.2 Å². The number of hydrazone groups is 1. The molecule has 26 heavy (non-hydrogen) atoms. The zero-order valence-corrected chi connectivity index (χ0v) is 13.6. The number of rotatable bonds is 8. The van der Waals surface area contributed by atoms with Crippen molar-refractivity contribution in [2.24, 2.45) is 5.10 Å². The van der Waals surface area contributed by atoms with E-state index < -0.39 is 18.5 Å². The number of benzene rings is 2. The number of ether oxygens (including phenoxy) is 2. The fourth-order valence-electron chi connectivity index (χ4n) is 1.78. The van der Waals surface area contributed by atoms with Crippen LogP contribution in [-0.2, 0) is 9.59 Å². The molecule has 0 fully saturated rings. The lowest BCUT2D eigenvalue weighted by Gasteiger charge is -2.05. The molecule has 0 bridgehead atoms. The number of aliphatic carboxylic acids is 1. The second-order valence-electron chi connectivity index (χ2n) is 4.97. The van der Waals surface area contributed by atoms with Crippen LogP contribution in [0.25, 0.3) is 0 Å². The molecule has 2 aromatic rings. The quantitative estimate of drug-likeness (QED) is 0.549. The van der Waals surface area contributed by atoms with E-state index in [4.69, 9.17) is 19.8 Å². The van der Waals surface area contributed by atoms with Gasteiger partial charge in [0.2, 0.25) is 0 Å². The van der Waals surface area contributed by atoms with Gasteiger partial charge in [0.25, 0.3) is 5.91 Å². The summed E-state index contributed by atoms with van der Waals surface area (Å²) in [5, 5.41) is 21.0. The van der Waals surface area contributed by atoms with Crippen molar-refractivity contribution in [2.45, 2.75) is 0 Å². The highest BCUT2D eigenvalue weighted by Gasteiger charge is 2.02. The second-order valence-corrected chi connectivity index (χ2v) is 4.97. The summed E-state index contributed by atoms with van der Waals surface area (Å²) in [5.41, 5.74) is 3.52. The maximum atomic E-state index is 11.7. The highest BCUT2D eigenvalue weighted by molar-refractivity contribution is 5.83. The number of carbonyl (C=O) groups excluding carboxylic acids is 1. The normalized spacial score (nSPS) is 10.1. The van der Waals surface area contributed by atoms with Crippen LogP contribution in [0.3, 0.4) is 0 Å². The second kappa shape index (κ2) is 9.44. The molecule has 0 aromatic heterocycles. The molecule has 132 valence electrons. The van der Waals surface area contributed by atoms with Crippen molar-refractivity contribution in [1.82, 2.24) is 5.43 Å². The number of hydrogen-bond acceptors (Lipinski definition) is 6. The van der Waals surface area contributed by atoms with Gasteiger partial charge in [-0.25, -0.2) is 10.2 Å². The molecule has 8 nitrogen and oxygen atoms in total. The fourth-order valence-corrected chi connectivity index (χ4v) is 1.78. The Bertz CT molecular complexity index is 823. The summed E-state index contributed by atoms with van der Waals surface area (Å²) in [7, 11) is 0. The molecule has 0 aliphatic heterocycles. The molecule has 0 saturated carbocycles. The molecule has 0 radical (unpaired) electrons. The molecule has 8 heteroatoms. The van der Waals surface area contributed by atoms with Crippen LogP contribution in [0, 0.1) is 11.3 Å². The summed E-state index contributed by atoms with van der Waals surface area (Å²) in [6.07, 6.45) is 1.43. The Morgan fingerprint density at radius 2 is 1.62 bits per heavy atom. The standard InChI is InChI=1S/C18H15N3O5/c19-9-13-1-5-15(6-2-13)25-11-17(22)21-20-10-14-3-7-16(8-4-14)26-12-18(23)24/h1-8,10H,11-12H2,(H,21,22)(H,23,24)/b20-10-. The van der Waals surface area contributed by atoms with Gasteiger partial charge in [-0.05, 0) is 54.1 Å². The third kappa shape index (κ3) is 6.33. The molecule has 2 N–H and O–H groups in total. The van der Waals surface area contributed by atoms with Gasteiger partial charge in [0.05, 0.1) is 17.8 Å². The lowest BCUT2D eigenvalue weighted by molar-refractivity contribution is -0.139. The highest BCUT2D eigenvalue weighted by Crippen LogP contribution is 2.12. The number of carboxylic acids is 1. The first-order valence-electron chi connectivity index (χ1n) is 7.46. The summed E-state index contributed by atoms with van der Waals surface area (Å²) in [5.74, 6) is -0.599. The maximum Gasteiger partial charge on any atom is 0.341 e. The predicted molar refractivity (Wildman–Crippen MR) is 92.0 cm³/mol. The Morgan fingerprint density at radius 3 is 2.19 bits per heavy atom. The van der Waals surface area contributed by atoms with E-state index in [1.807, 2.05) is 6.07 Å². The Hall–Kier alpha value is -3.86. The van der Waals surface area contributed by atoms with E-state index in [-0.39, 0.29) is 6.61 Å². The smallest absolute Gasteiger partial charge is 0.341 e. The van der Waals surface area contributed by atoms with Crippen LogP contribution in [0.4, 0.5) is 0 Å². The molecule has 0 atom stereocenters. The third-order valence-corrected chi connectivity index (χ3v) is 3.00. The number of carboxylic acid groups (broad SMARTS) is 1. The number of nitrogens with one attached hydrogen (secondary N) is 1. The number of nitriles is 1. The average Bonchev–Trinajstić information content (AvgIpc) is 2.66. The Morgan fingerprint density at radius 1 is 1.04 bits per heavy atom. The molecule has 0 aliphatic rings. The van der Waals surface area contributed by atoms with Gasteiger partial charge in [0.1, 0.15) is 11.5 Å². The van der Waals surface area contributed by atoms with Crippen LogP contribution < -0.4 is 14.9 Å². The predicted octanol–water partition coefficient (Wildman–Crippen LogP) is 1.55. The van der Waals surface area contributed by atoms with E-state index in [9.17, 15) is 9.59 Å². The maximum absolute atomic E-state index is 11.7. The van der Waals surface area contributed by atoms with Crippen molar-refractivity contribution in [3.63, 3.8) is 0 Å². The van der Waals surface area contributed by atoms with Crippen LogP contribution in [0.1, 0.15) is 11.1 Å². The van der Waals surface area contributed by atoms with Crippen molar-refractivity contribution >= 4 is 18.1 Å². The van der Waals surface area contributed by atoms with Crippen molar-refractivity contribution in [3.05, 3.63) is 59.7 Å². The van der Waals surface area contributed by atoms with Crippen molar-refractivity contribution in [3.8, 4) is 17.6 Å². The first-order chi connectivity index (χ1) is 12.6. The van der Waals surface area contributed by atoms with E-state index >= 15 is 0 Å². The molecule has 2 rings (SSSR count).